The zero-order valence-electron chi connectivity index (χ0n) is 11.7. The zero-order chi connectivity index (χ0) is 15.4. The molecule has 0 aliphatic carbocycles. The molecule has 21 heavy (non-hydrogen) atoms. The first kappa shape index (κ1) is 15.2. The summed E-state index contributed by atoms with van der Waals surface area (Å²) < 4.78 is 9.94. The average molecular weight is 311 g/mol. The van der Waals surface area contributed by atoms with Crippen LogP contribution in [0.2, 0.25) is 5.02 Å². The summed E-state index contributed by atoms with van der Waals surface area (Å²) in [5.74, 6) is 0. The van der Waals surface area contributed by atoms with E-state index in [0.717, 1.165) is 10.0 Å². The molecule has 1 aliphatic heterocycles. The lowest BCUT2D eigenvalue weighted by atomic mass is 10.1. The molecule has 0 fully saturated rings. The lowest BCUT2D eigenvalue weighted by Crippen LogP contribution is -2.49. The first-order chi connectivity index (χ1) is 10.1. The van der Waals surface area contributed by atoms with Crippen molar-refractivity contribution in [2.24, 2.45) is 0 Å². The van der Waals surface area contributed by atoms with Gasteiger partial charge in [0.25, 0.3) is 0 Å². The van der Waals surface area contributed by atoms with Gasteiger partial charge < -0.3 is 9.47 Å². The highest BCUT2D eigenvalue weighted by molar-refractivity contribution is 6.32. The molecule has 2 amide bonds. The van der Waals surface area contributed by atoms with E-state index >= 15 is 0 Å². The quantitative estimate of drug-likeness (QED) is 0.836. The number of rotatable bonds is 2. The van der Waals surface area contributed by atoms with Gasteiger partial charge in [0.05, 0.1) is 23.9 Å². The van der Waals surface area contributed by atoms with E-state index in [1.807, 2.05) is 0 Å². The molecule has 112 valence electrons. The smallest absolute Gasteiger partial charge is 0.434 e. The Morgan fingerprint density at radius 3 is 2.48 bits per heavy atom. The molecule has 7 heteroatoms. The molecular formula is C14H15ClN2O4. The van der Waals surface area contributed by atoms with Gasteiger partial charge in [-0.05, 0) is 32.1 Å². The number of hydrogen-bond acceptors (Lipinski definition) is 4. The van der Waals surface area contributed by atoms with Crippen LogP contribution in [-0.4, -0.2) is 30.4 Å². The van der Waals surface area contributed by atoms with Crippen molar-refractivity contribution in [3.8, 4) is 0 Å². The Balaban J connectivity index is 2.45. The maximum atomic E-state index is 12.2. The second kappa shape index (κ2) is 6.49. The van der Waals surface area contributed by atoms with Gasteiger partial charge in [0.15, 0.2) is 0 Å². The molecule has 6 nitrogen and oxygen atoms in total. The topological polar surface area (TPSA) is 59.1 Å². The van der Waals surface area contributed by atoms with E-state index < -0.39 is 12.2 Å². The fourth-order valence-electron chi connectivity index (χ4n) is 1.91. The standard InChI is InChI=1S/C14H15ClN2O4/c1-3-20-13(18)16-9-8-10-11(15)6-5-7-12(10)17(16)14(19)21-4-2/h5-9H,3-4H2,1-2H3. The highest BCUT2D eigenvalue weighted by Crippen LogP contribution is 2.34. The third-order valence-corrected chi connectivity index (χ3v) is 3.08. The lowest BCUT2D eigenvalue weighted by Gasteiger charge is -2.34. The number of ether oxygens (including phenoxy) is 2. The minimum atomic E-state index is -0.682. The Bertz CT molecular complexity index is 588. The van der Waals surface area contributed by atoms with Gasteiger partial charge >= 0.3 is 12.2 Å². The molecule has 1 aliphatic rings. The largest absolute Gasteiger partial charge is 0.448 e. The van der Waals surface area contributed by atoms with Crippen LogP contribution in [-0.2, 0) is 9.47 Å². The normalized spacial score (nSPS) is 12.9. The van der Waals surface area contributed by atoms with Crippen molar-refractivity contribution >= 4 is 35.6 Å². The molecule has 0 unspecified atom stereocenters. The number of benzene rings is 1. The predicted octanol–water partition coefficient (Wildman–Crippen LogP) is 3.66. The Hall–Kier alpha value is -2.21. The number of amides is 2. The summed E-state index contributed by atoms with van der Waals surface area (Å²) in [6.45, 7) is 3.75. The van der Waals surface area contributed by atoms with Crippen molar-refractivity contribution in [3.05, 3.63) is 35.0 Å². The fourth-order valence-corrected chi connectivity index (χ4v) is 2.14. The van der Waals surface area contributed by atoms with Gasteiger partial charge in [0, 0.05) is 11.8 Å². The van der Waals surface area contributed by atoms with E-state index in [1.165, 1.54) is 6.20 Å². The number of nitrogens with zero attached hydrogens (tertiary/aromatic N) is 2. The second-order valence-electron chi connectivity index (χ2n) is 4.04. The fraction of sp³-hybridized carbons (Fsp3) is 0.286. The van der Waals surface area contributed by atoms with Crippen LogP contribution < -0.4 is 5.01 Å². The average Bonchev–Trinajstić information content (AvgIpc) is 2.47. The number of hydrogen-bond donors (Lipinski definition) is 0. The highest BCUT2D eigenvalue weighted by Gasteiger charge is 2.32. The molecule has 0 saturated heterocycles. The Morgan fingerprint density at radius 1 is 1.14 bits per heavy atom. The number of hydrazine groups is 1. The summed E-state index contributed by atoms with van der Waals surface area (Å²) in [6.07, 6.45) is 1.71. The Labute approximate surface area is 127 Å². The summed E-state index contributed by atoms with van der Waals surface area (Å²) in [5, 5.41) is 2.63. The zero-order valence-corrected chi connectivity index (χ0v) is 12.5. The van der Waals surface area contributed by atoms with Gasteiger partial charge in [-0.25, -0.2) is 9.59 Å². The molecule has 1 aromatic carbocycles. The summed E-state index contributed by atoms with van der Waals surface area (Å²) in [6, 6.07) is 5.07. The summed E-state index contributed by atoms with van der Waals surface area (Å²) in [4.78, 5) is 24.2. The highest BCUT2D eigenvalue weighted by atomic mass is 35.5. The van der Waals surface area contributed by atoms with Gasteiger partial charge in [0.1, 0.15) is 0 Å². The molecule has 0 aromatic heterocycles. The van der Waals surface area contributed by atoms with Crippen LogP contribution in [0.15, 0.2) is 24.4 Å². The summed E-state index contributed by atoms with van der Waals surface area (Å²) >= 11 is 6.11. The first-order valence-corrected chi connectivity index (χ1v) is 6.87. The lowest BCUT2D eigenvalue weighted by molar-refractivity contribution is 0.107. The minimum Gasteiger partial charge on any atom is -0.448 e. The summed E-state index contributed by atoms with van der Waals surface area (Å²) in [5.41, 5.74) is 1.09. The van der Waals surface area contributed by atoms with Crippen molar-refractivity contribution < 1.29 is 19.1 Å². The van der Waals surface area contributed by atoms with Crippen LogP contribution in [0.3, 0.4) is 0 Å². The van der Waals surface area contributed by atoms with Crippen LogP contribution in [0, 0.1) is 0 Å². The van der Waals surface area contributed by atoms with Crippen molar-refractivity contribution in [3.63, 3.8) is 0 Å². The minimum absolute atomic E-state index is 0.186. The van der Waals surface area contributed by atoms with Crippen LogP contribution in [0.25, 0.3) is 6.08 Å². The molecule has 0 radical (unpaired) electrons. The monoisotopic (exact) mass is 310 g/mol. The van der Waals surface area contributed by atoms with Gasteiger partial charge in [-0.1, -0.05) is 17.7 Å². The van der Waals surface area contributed by atoms with Crippen molar-refractivity contribution in [1.29, 1.82) is 0 Å². The van der Waals surface area contributed by atoms with Crippen LogP contribution in [0.4, 0.5) is 15.3 Å². The van der Waals surface area contributed by atoms with Gasteiger partial charge in [0.2, 0.25) is 0 Å². The van der Waals surface area contributed by atoms with Crippen LogP contribution in [0.5, 0.6) is 0 Å². The number of fused-ring (bicyclic) bond motifs is 1. The van der Waals surface area contributed by atoms with Crippen LogP contribution >= 0.6 is 11.6 Å². The van der Waals surface area contributed by atoms with Crippen LogP contribution in [0.1, 0.15) is 19.4 Å². The molecular weight excluding hydrogens is 296 g/mol. The SMILES string of the molecule is CCOC(=O)N1C=Cc2c(Cl)cccc2N1C(=O)OCC. The molecule has 0 bridgehead atoms. The molecule has 0 saturated carbocycles. The Kier molecular flexibility index (Phi) is 4.70. The van der Waals surface area contributed by atoms with Gasteiger partial charge in [-0.3, -0.25) is 0 Å². The van der Waals surface area contributed by atoms with E-state index in [0.29, 0.717) is 16.3 Å². The molecule has 2 rings (SSSR count). The van der Waals surface area contributed by atoms with E-state index in [-0.39, 0.29) is 13.2 Å². The summed E-state index contributed by atoms with van der Waals surface area (Å²) in [7, 11) is 0. The second-order valence-corrected chi connectivity index (χ2v) is 4.45. The first-order valence-electron chi connectivity index (χ1n) is 6.49. The number of carbonyl (C=O) groups is 2. The van der Waals surface area contributed by atoms with E-state index in [2.05, 4.69) is 0 Å². The maximum Gasteiger partial charge on any atom is 0.434 e. The number of halogens is 1. The number of carbonyl (C=O) groups excluding carboxylic acids is 2. The maximum absolute atomic E-state index is 12.2. The van der Waals surface area contributed by atoms with Gasteiger partial charge in [-0.2, -0.15) is 10.0 Å². The third-order valence-electron chi connectivity index (χ3n) is 2.75. The number of anilines is 1. The third kappa shape index (κ3) is 2.95. The molecule has 0 N–H and O–H groups in total. The van der Waals surface area contributed by atoms with E-state index in [1.54, 1.807) is 38.1 Å². The van der Waals surface area contributed by atoms with E-state index in [9.17, 15) is 9.59 Å². The molecule has 1 heterocycles. The predicted molar refractivity (Wildman–Crippen MR) is 78.8 cm³/mol. The Morgan fingerprint density at radius 2 is 1.81 bits per heavy atom. The van der Waals surface area contributed by atoms with Gasteiger partial charge in [-0.15, -0.1) is 0 Å². The van der Waals surface area contributed by atoms with E-state index in [4.69, 9.17) is 21.1 Å². The molecule has 0 atom stereocenters. The van der Waals surface area contributed by atoms with Crippen molar-refractivity contribution in [1.82, 2.24) is 5.01 Å². The molecule has 0 spiro atoms. The van der Waals surface area contributed by atoms with Crippen molar-refractivity contribution in [2.45, 2.75) is 13.8 Å². The molecule has 1 aromatic rings. The van der Waals surface area contributed by atoms with Crippen molar-refractivity contribution in [2.75, 3.05) is 18.2 Å².